The van der Waals surface area contributed by atoms with Crippen molar-refractivity contribution in [3.8, 4) is 5.75 Å². The lowest BCUT2D eigenvalue weighted by Crippen LogP contribution is -2.23. The van der Waals surface area contributed by atoms with E-state index in [1.807, 2.05) is 38.1 Å². The van der Waals surface area contributed by atoms with Crippen LogP contribution in [0.5, 0.6) is 5.75 Å². The first-order valence-electron chi connectivity index (χ1n) is 8.62. The third-order valence-corrected chi connectivity index (χ3v) is 4.49. The maximum Gasteiger partial charge on any atom is 0.261 e. The number of hydrogen-bond donors (Lipinski definition) is 2. The van der Waals surface area contributed by atoms with Gasteiger partial charge in [0.2, 0.25) is 0 Å². The van der Waals surface area contributed by atoms with Crippen LogP contribution < -0.4 is 15.6 Å². The van der Waals surface area contributed by atoms with Gasteiger partial charge in [-0.3, -0.25) is 14.2 Å². The molecule has 0 aliphatic carbocycles. The molecule has 1 heterocycles. The molecule has 0 atom stereocenters. The van der Waals surface area contributed by atoms with Crippen LogP contribution in [0, 0.1) is 4.77 Å². The van der Waals surface area contributed by atoms with Crippen molar-refractivity contribution in [3.05, 3.63) is 68.7 Å². The molecule has 3 rings (SSSR count). The molecule has 1 aromatic heterocycles. The summed E-state index contributed by atoms with van der Waals surface area (Å²) in [6.07, 6.45) is 0.118. The molecule has 7 heteroatoms. The van der Waals surface area contributed by atoms with Gasteiger partial charge in [-0.2, -0.15) is 0 Å². The van der Waals surface area contributed by atoms with Gasteiger partial charge in [0.1, 0.15) is 5.75 Å². The van der Waals surface area contributed by atoms with E-state index in [9.17, 15) is 9.59 Å². The average molecular weight is 383 g/mol. The van der Waals surface area contributed by atoms with Gasteiger partial charge in [-0.25, -0.2) is 0 Å². The van der Waals surface area contributed by atoms with Crippen LogP contribution in [0.15, 0.2) is 47.3 Å². The second kappa shape index (κ2) is 7.75. The molecule has 1 amide bonds. The van der Waals surface area contributed by atoms with Crippen LogP contribution in [-0.2, 0) is 13.6 Å². The molecule has 0 spiro atoms. The Hall–Kier alpha value is -2.93. The number of carbonyl (C=O) groups excluding carboxylic acids is 1. The number of carbonyl (C=O) groups is 1. The zero-order valence-corrected chi connectivity index (χ0v) is 16.2. The first kappa shape index (κ1) is 18.8. The number of ether oxygens (including phenoxy) is 1. The van der Waals surface area contributed by atoms with Crippen LogP contribution in [0.3, 0.4) is 0 Å². The lowest BCUT2D eigenvalue weighted by Gasteiger charge is -2.11. The summed E-state index contributed by atoms with van der Waals surface area (Å²) in [6, 6.07) is 12.5. The van der Waals surface area contributed by atoms with Crippen LogP contribution in [0.4, 0.5) is 0 Å². The molecule has 0 saturated carbocycles. The van der Waals surface area contributed by atoms with Gasteiger partial charge >= 0.3 is 0 Å². The molecule has 0 fully saturated rings. The fraction of sp³-hybridized carbons (Fsp3) is 0.250. The Bertz CT molecular complexity index is 1100. The van der Waals surface area contributed by atoms with Gasteiger partial charge in [-0.15, -0.1) is 0 Å². The number of nitrogens with one attached hydrogen (secondary N) is 2. The van der Waals surface area contributed by atoms with E-state index >= 15 is 0 Å². The topological polar surface area (TPSA) is 76.1 Å². The molecule has 0 saturated heterocycles. The van der Waals surface area contributed by atoms with E-state index in [0.29, 0.717) is 27.8 Å². The predicted octanol–water partition coefficient (Wildman–Crippen LogP) is 3.31. The van der Waals surface area contributed by atoms with E-state index in [0.717, 1.165) is 11.3 Å². The smallest absolute Gasteiger partial charge is 0.261 e. The highest BCUT2D eigenvalue weighted by Crippen LogP contribution is 2.14. The fourth-order valence-corrected chi connectivity index (χ4v) is 2.88. The number of rotatable bonds is 5. The summed E-state index contributed by atoms with van der Waals surface area (Å²) >= 11 is 5.13. The molecule has 27 heavy (non-hydrogen) atoms. The van der Waals surface area contributed by atoms with Gasteiger partial charge in [-0.05, 0) is 62.0 Å². The Kier molecular flexibility index (Phi) is 5.41. The lowest BCUT2D eigenvalue weighted by molar-refractivity contribution is 0.0951. The SMILES string of the molecule is CC(C)Oc1ccc(CNC(=O)c2ccc3c(=O)n(C)c(=S)[nH]c3c2)cc1. The largest absolute Gasteiger partial charge is 0.491 e. The minimum absolute atomic E-state index is 0.118. The molecule has 0 unspecified atom stereocenters. The first-order valence-corrected chi connectivity index (χ1v) is 9.03. The zero-order chi connectivity index (χ0) is 19.6. The number of nitrogens with zero attached hydrogens (tertiary/aromatic N) is 1. The maximum atomic E-state index is 12.5. The third-order valence-electron chi connectivity index (χ3n) is 4.11. The Morgan fingerprint density at radius 2 is 1.93 bits per heavy atom. The lowest BCUT2D eigenvalue weighted by atomic mass is 10.1. The summed E-state index contributed by atoms with van der Waals surface area (Å²) in [5.41, 5.74) is 1.78. The molecule has 0 aliphatic rings. The molecule has 0 bridgehead atoms. The molecule has 3 aromatic rings. The van der Waals surface area contributed by atoms with E-state index in [-0.39, 0.29) is 17.6 Å². The van der Waals surface area contributed by atoms with E-state index in [1.165, 1.54) is 4.57 Å². The molecule has 140 valence electrons. The van der Waals surface area contributed by atoms with E-state index < -0.39 is 0 Å². The molecule has 0 aliphatic heterocycles. The van der Waals surface area contributed by atoms with Gasteiger partial charge in [0.25, 0.3) is 11.5 Å². The standard InChI is InChI=1S/C20H21N3O3S/c1-12(2)26-15-7-4-13(5-8-15)11-21-18(24)14-6-9-16-17(10-14)22-20(27)23(3)19(16)25/h4-10,12H,11H2,1-3H3,(H,21,24)(H,22,27). The number of fused-ring (bicyclic) bond motifs is 1. The summed E-state index contributed by atoms with van der Waals surface area (Å²) in [5, 5.41) is 3.37. The van der Waals surface area contributed by atoms with Gasteiger partial charge in [0, 0.05) is 19.2 Å². The van der Waals surface area contributed by atoms with Crippen LogP contribution in [0.1, 0.15) is 29.8 Å². The fourth-order valence-electron chi connectivity index (χ4n) is 2.69. The normalized spacial score (nSPS) is 11.0. The summed E-state index contributed by atoms with van der Waals surface area (Å²) in [7, 11) is 1.61. The predicted molar refractivity (Wildman–Crippen MR) is 108 cm³/mol. The molecule has 2 aromatic carbocycles. The Balaban J connectivity index is 1.73. The summed E-state index contributed by atoms with van der Waals surface area (Å²) in [4.78, 5) is 27.6. The second-order valence-corrected chi connectivity index (χ2v) is 6.93. The highest BCUT2D eigenvalue weighted by Gasteiger charge is 2.09. The molecular formula is C20H21N3O3S. The minimum Gasteiger partial charge on any atom is -0.491 e. The van der Waals surface area contributed by atoms with Crippen molar-refractivity contribution in [2.24, 2.45) is 7.05 Å². The highest BCUT2D eigenvalue weighted by molar-refractivity contribution is 7.71. The monoisotopic (exact) mass is 383 g/mol. The summed E-state index contributed by atoms with van der Waals surface area (Å²) in [5.74, 6) is 0.575. The first-order chi connectivity index (χ1) is 12.8. The van der Waals surface area contributed by atoms with E-state index in [1.54, 1.807) is 25.2 Å². The molecule has 0 radical (unpaired) electrons. The second-order valence-electron chi connectivity index (χ2n) is 6.55. The summed E-state index contributed by atoms with van der Waals surface area (Å²) < 4.78 is 7.28. The molecule has 2 N–H and O–H groups in total. The number of aromatic amines is 1. The Labute approximate surface area is 161 Å². The van der Waals surface area contributed by atoms with Crippen molar-refractivity contribution in [1.29, 1.82) is 0 Å². The maximum absolute atomic E-state index is 12.5. The number of hydrogen-bond acceptors (Lipinski definition) is 4. The minimum atomic E-state index is -0.223. The van der Waals surface area contributed by atoms with Gasteiger partial charge in [-0.1, -0.05) is 12.1 Å². The Morgan fingerprint density at radius 1 is 1.22 bits per heavy atom. The number of H-pyrrole nitrogens is 1. The quantitative estimate of drug-likeness (QED) is 0.663. The van der Waals surface area contributed by atoms with Crippen molar-refractivity contribution in [3.63, 3.8) is 0 Å². The van der Waals surface area contributed by atoms with E-state index in [4.69, 9.17) is 17.0 Å². The van der Waals surface area contributed by atoms with Crippen LogP contribution in [-0.4, -0.2) is 21.6 Å². The summed E-state index contributed by atoms with van der Waals surface area (Å²) in [6.45, 7) is 4.34. The molecule has 6 nitrogen and oxygen atoms in total. The van der Waals surface area contributed by atoms with Crippen molar-refractivity contribution in [1.82, 2.24) is 14.9 Å². The Morgan fingerprint density at radius 3 is 2.59 bits per heavy atom. The zero-order valence-electron chi connectivity index (χ0n) is 15.4. The number of benzene rings is 2. The van der Waals surface area contributed by atoms with E-state index in [2.05, 4.69) is 10.3 Å². The van der Waals surface area contributed by atoms with Crippen LogP contribution in [0.25, 0.3) is 10.9 Å². The van der Waals surface area contributed by atoms with Gasteiger partial charge in [0.05, 0.1) is 17.0 Å². The van der Waals surface area contributed by atoms with Crippen molar-refractivity contribution < 1.29 is 9.53 Å². The highest BCUT2D eigenvalue weighted by atomic mass is 32.1. The third kappa shape index (κ3) is 4.25. The molecular weight excluding hydrogens is 362 g/mol. The van der Waals surface area contributed by atoms with Crippen molar-refractivity contribution >= 4 is 29.0 Å². The van der Waals surface area contributed by atoms with Gasteiger partial charge in [0.15, 0.2) is 4.77 Å². The van der Waals surface area contributed by atoms with Crippen molar-refractivity contribution in [2.45, 2.75) is 26.5 Å². The number of aromatic nitrogens is 2. The van der Waals surface area contributed by atoms with Crippen LogP contribution >= 0.6 is 12.2 Å². The van der Waals surface area contributed by atoms with Gasteiger partial charge < -0.3 is 15.0 Å². The average Bonchev–Trinajstić information content (AvgIpc) is 2.64. The number of amides is 1. The van der Waals surface area contributed by atoms with Crippen molar-refractivity contribution in [2.75, 3.05) is 0 Å². The van der Waals surface area contributed by atoms with Crippen LogP contribution in [0.2, 0.25) is 0 Å².